The monoisotopic (exact) mass is 429 g/mol. The Bertz CT molecular complexity index is 846. The summed E-state index contributed by atoms with van der Waals surface area (Å²) in [4.78, 5) is 16.2. The molecule has 2 fully saturated rings. The number of likely N-dealkylation sites (N-methyl/N-ethyl adjacent to an activating group) is 1. The highest BCUT2D eigenvalue weighted by atomic mass is 19.1. The zero-order valence-corrected chi connectivity index (χ0v) is 18.1. The van der Waals surface area contributed by atoms with E-state index in [9.17, 15) is 4.39 Å². The molecule has 9 heteroatoms. The van der Waals surface area contributed by atoms with Crippen molar-refractivity contribution in [3.05, 3.63) is 24.3 Å². The standard InChI is InChI=1S/C22H32FN7O/c1-2-30-12-6-10-18(30)14-24-20-27-21(25-16-7-3-4-8-16)29-22(28-20)26-17-9-5-11-19(13-17)31-15-23/h5,9,11,13,16,18H,2-4,6-8,10,12,14-15H2,1H3,(H3,24,25,26,27,28,29). The zero-order chi connectivity index (χ0) is 21.5. The van der Waals surface area contributed by atoms with E-state index >= 15 is 0 Å². The maximum atomic E-state index is 12.5. The highest BCUT2D eigenvalue weighted by Crippen LogP contribution is 2.24. The van der Waals surface area contributed by atoms with Gasteiger partial charge in [-0.1, -0.05) is 25.8 Å². The highest BCUT2D eigenvalue weighted by Gasteiger charge is 2.23. The van der Waals surface area contributed by atoms with E-state index < -0.39 is 6.86 Å². The molecule has 1 atom stereocenters. The lowest BCUT2D eigenvalue weighted by atomic mass is 10.2. The number of halogens is 1. The molecule has 0 spiro atoms. The number of nitrogens with zero attached hydrogens (tertiary/aromatic N) is 4. The van der Waals surface area contributed by atoms with Crippen LogP contribution in [0.1, 0.15) is 45.4 Å². The summed E-state index contributed by atoms with van der Waals surface area (Å²) in [6, 6.07) is 7.99. The van der Waals surface area contributed by atoms with Crippen molar-refractivity contribution in [1.82, 2.24) is 19.9 Å². The molecule has 1 aliphatic carbocycles. The molecule has 1 aliphatic heterocycles. The highest BCUT2D eigenvalue weighted by molar-refractivity contribution is 5.57. The van der Waals surface area contributed by atoms with E-state index in [0.29, 0.717) is 35.7 Å². The van der Waals surface area contributed by atoms with Gasteiger partial charge in [0.25, 0.3) is 0 Å². The summed E-state index contributed by atoms with van der Waals surface area (Å²) >= 11 is 0. The van der Waals surface area contributed by atoms with E-state index in [1.807, 2.05) is 6.07 Å². The minimum atomic E-state index is -0.866. The third-order valence-corrected chi connectivity index (χ3v) is 6.04. The number of benzene rings is 1. The van der Waals surface area contributed by atoms with E-state index in [1.54, 1.807) is 18.2 Å². The zero-order valence-electron chi connectivity index (χ0n) is 18.1. The minimum Gasteiger partial charge on any atom is -0.463 e. The number of anilines is 4. The van der Waals surface area contributed by atoms with Crippen LogP contribution in [0.15, 0.2) is 24.3 Å². The smallest absolute Gasteiger partial charge is 0.233 e. The fourth-order valence-electron chi connectivity index (χ4n) is 4.44. The van der Waals surface area contributed by atoms with Crippen LogP contribution < -0.4 is 20.7 Å². The fourth-order valence-corrected chi connectivity index (χ4v) is 4.44. The van der Waals surface area contributed by atoms with E-state index in [1.165, 1.54) is 25.7 Å². The Morgan fingerprint density at radius 2 is 1.87 bits per heavy atom. The molecule has 168 valence electrons. The van der Waals surface area contributed by atoms with E-state index in [4.69, 9.17) is 4.74 Å². The van der Waals surface area contributed by atoms with Gasteiger partial charge in [0.05, 0.1) is 0 Å². The molecule has 8 nitrogen and oxygen atoms in total. The predicted molar refractivity (Wildman–Crippen MR) is 121 cm³/mol. The first-order valence-electron chi connectivity index (χ1n) is 11.3. The molecular weight excluding hydrogens is 397 g/mol. The molecule has 2 aromatic rings. The summed E-state index contributed by atoms with van der Waals surface area (Å²) in [5.41, 5.74) is 0.725. The second-order valence-corrected chi connectivity index (χ2v) is 8.14. The third-order valence-electron chi connectivity index (χ3n) is 6.04. The summed E-state index contributed by atoms with van der Waals surface area (Å²) in [5, 5.41) is 10.1. The molecule has 0 amide bonds. The number of likely N-dealkylation sites (tertiary alicyclic amines) is 1. The maximum absolute atomic E-state index is 12.5. The van der Waals surface area contributed by atoms with Crippen molar-refractivity contribution in [2.45, 2.75) is 57.5 Å². The summed E-state index contributed by atoms with van der Waals surface area (Å²) in [5.74, 6) is 2.01. The topological polar surface area (TPSA) is 87.2 Å². The van der Waals surface area contributed by atoms with Gasteiger partial charge in [-0.3, -0.25) is 4.90 Å². The molecule has 1 saturated heterocycles. The van der Waals surface area contributed by atoms with Crippen molar-refractivity contribution >= 4 is 23.5 Å². The molecular formula is C22H32FN7O. The van der Waals surface area contributed by atoms with Crippen molar-refractivity contribution in [3.8, 4) is 5.75 Å². The minimum absolute atomic E-state index is 0.398. The molecule has 2 aliphatic rings. The molecule has 3 N–H and O–H groups in total. The predicted octanol–water partition coefficient (Wildman–Crippen LogP) is 4.17. The number of nitrogens with one attached hydrogen (secondary N) is 3. The molecule has 0 radical (unpaired) electrons. The van der Waals surface area contributed by atoms with Crippen LogP contribution in [-0.4, -0.2) is 58.4 Å². The second kappa shape index (κ2) is 10.6. The SMILES string of the molecule is CCN1CCCC1CNc1nc(Nc2cccc(OCF)c2)nc(NC2CCCC2)n1. The van der Waals surface area contributed by atoms with Gasteiger partial charge in [-0.05, 0) is 50.9 Å². The molecule has 2 heterocycles. The summed E-state index contributed by atoms with van der Waals surface area (Å²) in [6.45, 7) is 4.35. The van der Waals surface area contributed by atoms with Crippen LogP contribution in [0.25, 0.3) is 0 Å². The van der Waals surface area contributed by atoms with Gasteiger partial charge in [-0.25, -0.2) is 4.39 Å². The van der Waals surface area contributed by atoms with Crippen molar-refractivity contribution < 1.29 is 9.13 Å². The first kappa shape index (κ1) is 21.5. The van der Waals surface area contributed by atoms with Gasteiger partial charge in [0, 0.05) is 30.4 Å². The van der Waals surface area contributed by atoms with Crippen LogP contribution in [0.2, 0.25) is 0 Å². The van der Waals surface area contributed by atoms with Crippen molar-refractivity contribution in [2.24, 2.45) is 0 Å². The molecule has 4 rings (SSSR count). The van der Waals surface area contributed by atoms with Crippen molar-refractivity contribution in [3.63, 3.8) is 0 Å². The van der Waals surface area contributed by atoms with Gasteiger partial charge < -0.3 is 20.7 Å². The molecule has 31 heavy (non-hydrogen) atoms. The van der Waals surface area contributed by atoms with Crippen LogP contribution in [0.3, 0.4) is 0 Å². The van der Waals surface area contributed by atoms with Crippen LogP contribution in [0, 0.1) is 0 Å². The quantitative estimate of drug-likeness (QED) is 0.519. The normalized spacial score (nSPS) is 19.5. The fraction of sp³-hybridized carbons (Fsp3) is 0.591. The number of alkyl halides is 1. The van der Waals surface area contributed by atoms with Crippen LogP contribution in [0.4, 0.5) is 27.9 Å². The maximum Gasteiger partial charge on any atom is 0.233 e. The Morgan fingerprint density at radius 3 is 2.68 bits per heavy atom. The van der Waals surface area contributed by atoms with Gasteiger partial charge in [0.1, 0.15) is 5.75 Å². The van der Waals surface area contributed by atoms with Gasteiger partial charge in [-0.2, -0.15) is 15.0 Å². The Hall–Kier alpha value is -2.68. The third kappa shape index (κ3) is 5.94. The van der Waals surface area contributed by atoms with Gasteiger partial charge in [0.15, 0.2) is 0 Å². The lowest BCUT2D eigenvalue weighted by Gasteiger charge is -2.23. The summed E-state index contributed by atoms with van der Waals surface area (Å²) in [6.07, 6.45) is 7.14. The molecule has 1 aromatic heterocycles. The largest absolute Gasteiger partial charge is 0.463 e. The Labute approximate surface area is 183 Å². The van der Waals surface area contributed by atoms with E-state index in [-0.39, 0.29) is 0 Å². The average molecular weight is 430 g/mol. The Balaban J connectivity index is 1.50. The van der Waals surface area contributed by atoms with Gasteiger partial charge >= 0.3 is 0 Å². The number of hydrogen-bond donors (Lipinski definition) is 3. The molecule has 1 saturated carbocycles. The van der Waals surface area contributed by atoms with Crippen molar-refractivity contribution in [2.75, 3.05) is 42.4 Å². The number of aromatic nitrogens is 3. The number of rotatable bonds is 10. The van der Waals surface area contributed by atoms with Crippen LogP contribution in [0.5, 0.6) is 5.75 Å². The van der Waals surface area contributed by atoms with Crippen LogP contribution in [-0.2, 0) is 0 Å². The number of hydrogen-bond acceptors (Lipinski definition) is 8. The van der Waals surface area contributed by atoms with Crippen molar-refractivity contribution in [1.29, 1.82) is 0 Å². The van der Waals surface area contributed by atoms with Crippen LogP contribution >= 0.6 is 0 Å². The first-order chi connectivity index (χ1) is 15.2. The summed E-state index contributed by atoms with van der Waals surface area (Å²) < 4.78 is 17.5. The lowest BCUT2D eigenvalue weighted by Crippen LogP contribution is -2.35. The first-order valence-corrected chi connectivity index (χ1v) is 11.3. The molecule has 1 unspecified atom stereocenters. The van der Waals surface area contributed by atoms with E-state index in [0.717, 1.165) is 38.2 Å². The lowest BCUT2D eigenvalue weighted by molar-refractivity contribution is 0.192. The Morgan fingerprint density at radius 1 is 1.06 bits per heavy atom. The van der Waals surface area contributed by atoms with E-state index in [2.05, 4.69) is 42.7 Å². The molecule has 0 bridgehead atoms. The van der Waals surface area contributed by atoms with Gasteiger partial charge in [0.2, 0.25) is 24.7 Å². The average Bonchev–Trinajstić information content (AvgIpc) is 3.44. The summed E-state index contributed by atoms with van der Waals surface area (Å²) in [7, 11) is 0. The molecule has 1 aromatic carbocycles. The Kier molecular flexibility index (Phi) is 7.35. The van der Waals surface area contributed by atoms with Gasteiger partial charge in [-0.15, -0.1) is 0 Å². The second-order valence-electron chi connectivity index (χ2n) is 8.14. The number of ether oxygens (including phenoxy) is 1.